The molecule has 9 atom stereocenters. The van der Waals surface area contributed by atoms with E-state index in [4.69, 9.17) is 0 Å². The third-order valence-corrected chi connectivity index (χ3v) is 13.3. The quantitative estimate of drug-likeness (QED) is 0.378. The van der Waals surface area contributed by atoms with E-state index in [0.29, 0.717) is 27.1 Å². The van der Waals surface area contributed by atoms with E-state index in [1.54, 1.807) is 0 Å². The lowest BCUT2D eigenvalue weighted by Gasteiger charge is -2.73. The van der Waals surface area contributed by atoms with E-state index in [1.165, 1.54) is 76.2 Å². The van der Waals surface area contributed by atoms with E-state index < -0.39 is 0 Å². The largest absolute Gasteiger partial charge is 0.0999 e. The van der Waals surface area contributed by atoms with Crippen molar-refractivity contribution in [2.24, 2.45) is 56.7 Å². The normalized spacial score (nSPS) is 57.0. The fourth-order valence-electron chi connectivity index (χ4n) is 11.9. The molecule has 0 unspecified atom stereocenters. The highest BCUT2D eigenvalue weighted by molar-refractivity contribution is 5.20. The van der Waals surface area contributed by atoms with Gasteiger partial charge in [-0.3, -0.25) is 0 Å². The third kappa shape index (κ3) is 2.46. The first-order chi connectivity index (χ1) is 13.9. The van der Waals surface area contributed by atoms with Crippen molar-refractivity contribution >= 4 is 0 Å². The summed E-state index contributed by atoms with van der Waals surface area (Å²) in [6, 6.07) is 0. The second kappa shape index (κ2) is 6.41. The first-order valence-electron chi connectivity index (χ1n) is 13.6. The Kier molecular flexibility index (Phi) is 4.61. The minimum absolute atomic E-state index is 0.542. The van der Waals surface area contributed by atoms with Gasteiger partial charge >= 0.3 is 0 Å². The Morgan fingerprint density at radius 3 is 1.87 bits per heavy atom. The highest BCUT2D eigenvalue weighted by Gasteiger charge is 2.70. The van der Waals surface area contributed by atoms with E-state index >= 15 is 0 Å². The van der Waals surface area contributed by atoms with Crippen LogP contribution in [-0.4, -0.2) is 0 Å². The van der Waals surface area contributed by atoms with Crippen LogP contribution in [0.25, 0.3) is 0 Å². The van der Waals surface area contributed by atoms with Crippen molar-refractivity contribution in [2.45, 2.75) is 119 Å². The van der Waals surface area contributed by atoms with Gasteiger partial charge in [0.15, 0.2) is 0 Å². The lowest BCUT2D eigenvalue weighted by molar-refractivity contribution is -0.240. The average Bonchev–Trinajstić information content (AvgIpc) is 2.99. The molecule has 0 aromatic heterocycles. The van der Waals surface area contributed by atoms with E-state index in [-0.39, 0.29) is 0 Å². The number of hydrogen-bond acceptors (Lipinski definition) is 0. The van der Waals surface area contributed by atoms with Crippen molar-refractivity contribution in [2.75, 3.05) is 0 Å². The molecule has 5 rings (SSSR count). The zero-order chi connectivity index (χ0) is 21.7. The van der Waals surface area contributed by atoms with E-state index in [2.05, 4.69) is 55.0 Å². The van der Waals surface area contributed by atoms with Gasteiger partial charge in [-0.25, -0.2) is 0 Å². The van der Waals surface area contributed by atoms with Crippen LogP contribution in [0.15, 0.2) is 12.2 Å². The van der Waals surface area contributed by atoms with Crippen molar-refractivity contribution in [3.8, 4) is 0 Å². The molecule has 0 heterocycles. The molecular formula is C30H50. The molecule has 0 spiro atoms. The van der Waals surface area contributed by atoms with Gasteiger partial charge in [0.05, 0.1) is 0 Å². The maximum atomic E-state index is 4.43. The lowest BCUT2D eigenvalue weighted by Crippen LogP contribution is -2.65. The predicted octanol–water partition coefficient (Wildman–Crippen LogP) is 9.05. The first kappa shape index (κ1) is 21.6. The highest BCUT2D eigenvalue weighted by Crippen LogP contribution is 2.77. The highest BCUT2D eigenvalue weighted by atomic mass is 14.7. The Morgan fingerprint density at radius 2 is 1.23 bits per heavy atom. The van der Waals surface area contributed by atoms with Crippen LogP contribution in [-0.2, 0) is 0 Å². The summed E-state index contributed by atoms with van der Waals surface area (Å²) >= 11 is 0. The summed E-state index contributed by atoms with van der Waals surface area (Å²) in [5.74, 6) is 4.54. The van der Waals surface area contributed by atoms with Crippen LogP contribution in [0.4, 0.5) is 0 Å². The van der Waals surface area contributed by atoms with Crippen LogP contribution in [0.5, 0.6) is 0 Å². The summed E-state index contributed by atoms with van der Waals surface area (Å²) < 4.78 is 0. The van der Waals surface area contributed by atoms with Gasteiger partial charge < -0.3 is 0 Å². The van der Waals surface area contributed by atoms with Gasteiger partial charge in [0.2, 0.25) is 0 Å². The average molecular weight is 411 g/mol. The molecule has 0 nitrogen and oxygen atoms in total. The standard InChI is InChI=1S/C30H50/c1-20(2)21-12-17-27(5)22(21)13-18-29(7)24(27)10-11-25-28(6)16-9-15-26(3,4)23(28)14-19-30(25,29)8/h21-25H,1,9-19H2,2-8H3/t21-,22+,23-,24-,25-,27+,28+,29-,30-/m1/s1. The monoisotopic (exact) mass is 410 g/mol. The molecule has 0 aliphatic heterocycles. The van der Waals surface area contributed by atoms with Gasteiger partial charge in [0, 0.05) is 0 Å². The minimum atomic E-state index is 0.542. The van der Waals surface area contributed by atoms with Crippen LogP contribution in [0.1, 0.15) is 119 Å². The Morgan fingerprint density at radius 1 is 0.633 bits per heavy atom. The van der Waals surface area contributed by atoms with Crippen molar-refractivity contribution in [3.63, 3.8) is 0 Å². The Bertz CT molecular complexity index is 730. The van der Waals surface area contributed by atoms with Gasteiger partial charge in [0.25, 0.3) is 0 Å². The van der Waals surface area contributed by atoms with Gasteiger partial charge in [0.1, 0.15) is 0 Å². The molecule has 5 fully saturated rings. The summed E-state index contributed by atoms with van der Waals surface area (Å²) in [6.45, 7) is 23.0. The summed E-state index contributed by atoms with van der Waals surface area (Å²) in [5, 5.41) is 0. The molecular weight excluding hydrogens is 360 g/mol. The summed E-state index contributed by atoms with van der Waals surface area (Å²) in [6.07, 6.45) is 16.3. The second-order valence-electron chi connectivity index (χ2n) is 14.6. The Hall–Kier alpha value is -0.260. The zero-order valence-corrected chi connectivity index (χ0v) is 21.4. The number of hydrogen-bond donors (Lipinski definition) is 0. The van der Waals surface area contributed by atoms with Crippen LogP contribution in [0.2, 0.25) is 0 Å². The van der Waals surface area contributed by atoms with E-state index in [1.807, 2.05) is 0 Å². The van der Waals surface area contributed by atoms with Crippen LogP contribution in [0.3, 0.4) is 0 Å². The molecule has 5 aliphatic carbocycles. The molecule has 5 aliphatic rings. The summed E-state index contributed by atoms with van der Waals surface area (Å²) in [4.78, 5) is 0. The molecule has 0 amide bonds. The van der Waals surface area contributed by atoms with Crippen molar-refractivity contribution < 1.29 is 0 Å². The molecule has 0 N–H and O–H groups in total. The topological polar surface area (TPSA) is 0 Å². The molecule has 0 radical (unpaired) electrons. The van der Waals surface area contributed by atoms with Gasteiger partial charge in [-0.2, -0.15) is 0 Å². The fourth-order valence-corrected chi connectivity index (χ4v) is 11.9. The lowest BCUT2D eigenvalue weighted by atomic mass is 9.32. The summed E-state index contributed by atoms with van der Waals surface area (Å²) in [5.41, 5.74) is 4.26. The fraction of sp³-hybridized carbons (Fsp3) is 0.933. The number of rotatable bonds is 1. The van der Waals surface area contributed by atoms with Crippen molar-refractivity contribution in [1.29, 1.82) is 0 Å². The van der Waals surface area contributed by atoms with Gasteiger partial charge in [-0.15, -0.1) is 0 Å². The molecule has 0 aromatic rings. The predicted molar refractivity (Wildman–Crippen MR) is 129 cm³/mol. The number of fused-ring (bicyclic) bond motifs is 7. The maximum absolute atomic E-state index is 4.43. The second-order valence-corrected chi connectivity index (χ2v) is 14.6. The molecule has 0 aromatic carbocycles. The van der Waals surface area contributed by atoms with E-state index in [9.17, 15) is 0 Å². The minimum Gasteiger partial charge on any atom is -0.0999 e. The van der Waals surface area contributed by atoms with Crippen LogP contribution >= 0.6 is 0 Å². The molecule has 0 saturated heterocycles. The Labute approximate surface area is 188 Å². The SMILES string of the molecule is C=C(C)[C@H]1CC[C@]2(C)[C@H]3CC[C@@H]4[C@@]5(C)CCCC(C)(C)[C@H]5CC[C@@]4(C)[C@]3(C)CC[C@@H]12. The van der Waals surface area contributed by atoms with Crippen LogP contribution < -0.4 is 0 Å². The first-order valence-corrected chi connectivity index (χ1v) is 13.6. The molecule has 0 bridgehead atoms. The van der Waals surface area contributed by atoms with Gasteiger partial charge in [-0.05, 0) is 128 Å². The van der Waals surface area contributed by atoms with Gasteiger partial charge in [-0.1, -0.05) is 60.1 Å². The summed E-state index contributed by atoms with van der Waals surface area (Å²) in [7, 11) is 0. The molecule has 5 saturated carbocycles. The zero-order valence-electron chi connectivity index (χ0n) is 21.4. The maximum Gasteiger partial charge on any atom is -0.0175 e. The molecule has 0 heteroatoms. The smallest absolute Gasteiger partial charge is 0.0175 e. The van der Waals surface area contributed by atoms with E-state index in [0.717, 1.165) is 29.6 Å². The van der Waals surface area contributed by atoms with Crippen LogP contribution in [0, 0.1) is 56.7 Å². The van der Waals surface area contributed by atoms with Crippen molar-refractivity contribution in [3.05, 3.63) is 12.2 Å². The van der Waals surface area contributed by atoms with Crippen molar-refractivity contribution in [1.82, 2.24) is 0 Å². The molecule has 170 valence electrons. The third-order valence-electron chi connectivity index (χ3n) is 13.3. The number of allylic oxidation sites excluding steroid dienone is 1. The molecule has 30 heavy (non-hydrogen) atoms. The Balaban J connectivity index is 1.53.